The van der Waals surface area contributed by atoms with Gasteiger partial charge in [0, 0.05) is 23.8 Å². The van der Waals surface area contributed by atoms with Crippen LogP contribution in [0.4, 0.5) is 0 Å². The van der Waals surface area contributed by atoms with Crippen LogP contribution in [0.15, 0.2) is 30.3 Å². The molecule has 1 aliphatic rings. The van der Waals surface area contributed by atoms with Crippen LogP contribution >= 0.6 is 0 Å². The Morgan fingerprint density at radius 1 is 1.30 bits per heavy atom. The van der Waals surface area contributed by atoms with Crippen LogP contribution in [-0.4, -0.2) is 60.1 Å². The van der Waals surface area contributed by atoms with Crippen LogP contribution in [-0.2, 0) is 21.2 Å². The molecular formula is C19H26N4O3S. The molecule has 146 valence electrons. The van der Waals surface area contributed by atoms with Crippen molar-refractivity contribution in [3.05, 3.63) is 47.3 Å². The van der Waals surface area contributed by atoms with Crippen molar-refractivity contribution in [2.75, 3.05) is 25.1 Å². The highest BCUT2D eigenvalue weighted by Gasteiger charge is 2.29. The molecule has 7 nitrogen and oxygen atoms in total. The van der Waals surface area contributed by atoms with Gasteiger partial charge in [0.15, 0.2) is 9.84 Å². The van der Waals surface area contributed by atoms with E-state index >= 15 is 0 Å². The standard InChI is InChI=1S/C19H26N4O3S/c1-14-18(15(2)23(21-14)17-7-5-4-6-8-17)11-22(3)12-19(24)20-16-9-10-27(25,26)13-16/h4-8,16H,9-13H2,1-3H3,(H,20,24)/t16-/m0/s1. The molecule has 1 amide bonds. The Balaban J connectivity index is 1.62. The van der Waals surface area contributed by atoms with E-state index in [1.54, 1.807) is 0 Å². The molecule has 0 spiro atoms. The molecule has 0 aliphatic carbocycles. The molecule has 0 bridgehead atoms. The highest BCUT2D eigenvalue weighted by atomic mass is 32.2. The molecular weight excluding hydrogens is 364 g/mol. The smallest absolute Gasteiger partial charge is 0.234 e. The minimum absolute atomic E-state index is 0.0461. The van der Waals surface area contributed by atoms with Gasteiger partial charge in [-0.25, -0.2) is 13.1 Å². The monoisotopic (exact) mass is 390 g/mol. The fraction of sp³-hybridized carbons (Fsp3) is 0.474. The third-order valence-electron chi connectivity index (χ3n) is 4.88. The van der Waals surface area contributed by atoms with Gasteiger partial charge in [-0.1, -0.05) is 18.2 Å². The van der Waals surface area contributed by atoms with Crippen LogP contribution in [0.3, 0.4) is 0 Å². The number of nitrogens with one attached hydrogen (secondary N) is 1. The number of para-hydroxylation sites is 1. The van der Waals surface area contributed by atoms with Crippen molar-refractivity contribution in [2.45, 2.75) is 32.9 Å². The van der Waals surface area contributed by atoms with Gasteiger partial charge in [-0.15, -0.1) is 0 Å². The average Bonchev–Trinajstić information content (AvgIpc) is 3.08. The first-order valence-electron chi connectivity index (χ1n) is 9.04. The van der Waals surface area contributed by atoms with E-state index in [-0.39, 0.29) is 30.0 Å². The maximum atomic E-state index is 12.2. The van der Waals surface area contributed by atoms with E-state index in [2.05, 4.69) is 10.4 Å². The van der Waals surface area contributed by atoms with Crippen molar-refractivity contribution < 1.29 is 13.2 Å². The number of carbonyl (C=O) groups is 1. The Labute approximate surface area is 160 Å². The van der Waals surface area contributed by atoms with Crippen molar-refractivity contribution in [3.8, 4) is 5.69 Å². The lowest BCUT2D eigenvalue weighted by Gasteiger charge is -2.18. The van der Waals surface area contributed by atoms with Crippen molar-refractivity contribution in [2.24, 2.45) is 0 Å². The van der Waals surface area contributed by atoms with E-state index in [0.717, 1.165) is 22.6 Å². The van der Waals surface area contributed by atoms with Crippen LogP contribution in [0.1, 0.15) is 23.4 Å². The van der Waals surface area contributed by atoms with Gasteiger partial charge in [0.2, 0.25) is 5.91 Å². The predicted molar refractivity (Wildman–Crippen MR) is 105 cm³/mol. The predicted octanol–water partition coefficient (Wildman–Crippen LogP) is 1.22. The van der Waals surface area contributed by atoms with E-state index in [9.17, 15) is 13.2 Å². The number of sulfone groups is 1. The molecule has 1 aromatic carbocycles. The van der Waals surface area contributed by atoms with E-state index in [1.165, 1.54) is 0 Å². The highest BCUT2D eigenvalue weighted by molar-refractivity contribution is 7.91. The van der Waals surface area contributed by atoms with Crippen molar-refractivity contribution in [3.63, 3.8) is 0 Å². The second-order valence-electron chi connectivity index (χ2n) is 7.24. The maximum absolute atomic E-state index is 12.2. The number of hydrogen-bond acceptors (Lipinski definition) is 5. The molecule has 8 heteroatoms. The fourth-order valence-electron chi connectivity index (χ4n) is 3.48. The molecule has 0 unspecified atom stereocenters. The lowest BCUT2D eigenvalue weighted by Crippen LogP contribution is -2.41. The number of aromatic nitrogens is 2. The van der Waals surface area contributed by atoms with E-state index in [4.69, 9.17) is 0 Å². The summed E-state index contributed by atoms with van der Waals surface area (Å²) in [5.41, 5.74) is 4.09. The summed E-state index contributed by atoms with van der Waals surface area (Å²) >= 11 is 0. The Morgan fingerprint density at radius 2 is 2.00 bits per heavy atom. The minimum Gasteiger partial charge on any atom is -0.351 e. The van der Waals surface area contributed by atoms with Gasteiger partial charge in [0.05, 0.1) is 29.4 Å². The summed E-state index contributed by atoms with van der Waals surface area (Å²) in [6, 6.07) is 9.68. The first kappa shape index (κ1) is 19.6. The summed E-state index contributed by atoms with van der Waals surface area (Å²) < 4.78 is 24.9. The Kier molecular flexibility index (Phi) is 5.67. The molecule has 1 fully saturated rings. The summed E-state index contributed by atoms with van der Waals surface area (Å²) in [5.74, 6) is 0.0559. The van der Waals surface area contributed by atoms with Gasteiger partial charge < -0.3 is 5.32 Å². The van der Waals surface area contributed by atoms with E-state index < -0.39 is 9.84 Å². The van der Waals surface area contributed by atoms with Gasteiger partial charge in [0.25, 0.3) is 0 Å². The summed E-state index contributed by atoms with van der Waals surface area (Å²) in [7, 11) is -1.11. The van der Waals surface area contributed by atoms with Crippen molar-refractivity contribution >= 4 is 15.7 Å². The normalized spacial score (nSPS) is 18.7. The lowest BCUT2D eigenvalue weighted by atomic mass is 10.2. The number of hydrogen-bond donors (Lipinski definition) is 1. The Hall–Kier alpha value is -2.19. The molecule has 1 N–H and O–H groups in total. The number of amides is 1. The number of benzene rings is 1. The lowest BCUT2D eigenvalue weighted by molar-refractivity contribution is -0.122. The van der Waals surface area contributed by atoms with Crippen LogP contribution in [0.2, 0.25) is 0 Å². The zero-order valence-corrected chi connectivity index (χ0v) is 16.8. The molecule has 0 radical (unpaired) electrons. The molecule has 1 aliphatic heterocycles. The highest BCUT2D eigenvalue weighted by Crippen LogP contribution is 2.19. The summed E-state index contributed by atoms with van der Waals surface area (Å²) in [6.45, 7) is 4.81. The van der Waals surface area contributed by atoms with Crippen LogP contribution < -0.4 is 5.32 Å². The molecule has 0 saturated carbocycles. The van der Waals surface area contributed by atoms with Gasteiger partial charge in [-0.2, -0.15) is 5.10 Å². The SMILES string of the molecule is Cc1nn(-c2ccccc2)c(C)c1CN(C)CC(=O)N[C@H]1CCS(=O)(=O)C1. The van der Waals surface area contributed by atoms with Gasteiger partial charge in [-0.05, 0) is 39.4 Å². The molecule has 2 aromatic rings. The van der Waals surface area contributed by atoms with Crippen LogP contribution in [0, 0.1) is 13.8 Å². The number of likely N-dealkylation sites (N-methyl/N-ethyl adjacent to an activating group) is 1. The topological polar surface area (TPSA) is 84.3 Å². The molecule has 1 atom stereocenters. The number of rotatable bonds is 6. The quantitative estimate of drug-likeness (QED) is 0.802. The summed E-state index contributed by atoms with van der Waals surface area (Å²) in [6.07, 6.45) is 0.500. The third-order valence-corrected chi connectivity index (χ3v) is 6.65. The molecule has 2 heterocycles. The van der Waals surface area contributed by atoms with E-state index in [1.807, 2.05) is 60.8 Å². The first-order valence-corrected chi connectivity index (χ1v) is 10.9. The maximum Gasteiger partial charge on any atom is 0.234 e. The summed E-state index contributed by atoms with van der Waals surface area (Å²) in [5, 5.41) is 7.47. The largest absolute Gasteiger partial charge is 0.351 e. The molecule has 3 rings (SSSR count). The van der Waals surface area contributed by atoms with Gasteiger partial charge in [0.1, 0.15) is 0 Å². The summed E-state index contributed by atoms with van der Waals surface area (Å²) in [4.78, 5) is 14.2. The number of carbonyl (C=O) groups excluding carboxylic acids is 1. The first-order chi connectivity index (χ1) is 12.7. The zero-order valence-electron chi connectivity index (χ0n) is 16.0. The Bertz CT molecular complexity index is 922. The molecule has 27 heavy (non-hydrogen) atoms. The molecule has 1 saturated heterocycles. The second-order valence-corrected chi connectivity index (χ2v) is 9.47. The minimum atomic E-state index is -2.99. The second kappa shape index (κ2) is 7.82. The van der Waals surface area contributed by atoms with Crippen molar-refractivity contribution in [1.29, 1.82) is 0 Å². The third kappa shape index (κ3) is 4.75. The van der Waals surface area contributed by atoms with Crippen molar-refractivity contribution in [1.82, 2.24) is 20.0 Å². The van der Waals surface area contributed by atoms with E-state index in [0.29, 0.717) is 13.0 Å². The number of nitrogens with zero attached hydrogens (tertiary/aromatic N) is 3. The zero-order chi connectivity index (χ0) is 19.6. The van der Waals surface area contributed by atoms with Crippen LogP contribution in [0.5, 0.6) is 0 Å². The number of aryl methyl sites for hydroxylation is 1. The van der Waals surface area contributed by atoms with Crippen LogP contribution in [0.25, 0.3) is 5.69 Å². The molecule has 1 aromatic heterocycles. The van der Waals surface area contributed by atoms with Gasteiger partial charge in [-0.3, -0.25) is 9.69 Å². The fourth-order valence-corrected chi connectivity index (χ4v) is 5.15. The average molecular weight is 391 g/mol. The Morgan fingerprint density at radius 3 is 2.63 bits per heavy atom. The van der Waals surface area contributed by atoms with Gasteiger partial charge >= 0.3 is 0 Å².